The van der Waals surface area contributed by atoms with Crippen molar-refractivity contribution in [2.24, 2.45) is 0 Å². The van der Waals surface area contributed by atoms with E-state index in [0.717, 1.165) is 32.7 Å². The van der Waals surface area contributed by atoms with E-state index in [2.05, 4.69) is 25.7 Å². The third-order valence-corrected chi connectivity index (χ3v) is 6.50. The van der Waals surface area contributed by atoms with E-state index >= 15 is 0 Å². The van der Waals surface area contributed by atoms with Gasteiger partial charge in [-0.2, -0.15) is 0 Å². The van der Waals surface area contributed by atoms with Crippen molar-refractivity contribution in [3.05, 3.63) is 39.9 Å². The van der Waals surface area contributed by atoms with Gasteiger partial charge in [0.1, 0.15) is 0 Å². The summed E-state index contributed by atoms with van der Waals surface area (Å²) in [4.78, 5) is 16.8. The third-order valence-electron chi connectivity index (χ3n) is 5.54. The Kier molecular flexibility index (Phi) is 7.77. The Bertz CT molecular complexity index is 649. The number of carbonyl (C=O) groups is 1. The predicted octanol–water partition coefficient (Wildman–Crippen LogP) is 4.99. The smallest absolute Gasteiger partial charge is 0.338 e. The standard InChI is InChI=1S/C22H31BrN2O2/c1-2-27-22(26)18-9-11-20(12-10-18)25-15-13-24(14-16-25)17-19-7-5-3-4-6-8-21(19)23/h9-12H,2-8,13-17H2,1H3/b21-19-. The van der Waals surface area contributed by atoms with Gasteiger partial charge in [0.25, 0.3) is 0 Å². The maximum atomic E-state index is 11.8. The molecule has 27 heavy (non-hydrogen) atoms. The summed E-state index contributed by atoms with van der Waals surface area (Å²) in [6.07, 6.45) is 7.85. The van der Waals surface area contributed by atoms with Gasteiger partial charge in [-0.1, -0.05) is 28.8 Å². The minimum absolute atomic E-state index is 0.244. The molecule has 0 atom stereocenters. The molecule has 5 heteroatoms. The Labute approximate surface area is 171 Å². The minimum Gasteiger partial charge on any atom is -0.462 e. The zero-order valence-electron chi connectivity index (χ0n) is 16.4. The number of rotatable bonds is 5. The van der Waals surface area contributed by atoms with E-state index in [9.17, 15) is 4.79 Å². The minimum atomic E-state index is -0.244. The normalized spacial score (nSPS) is 22.2. The van der Waals surface area contributed by atoms with E-state index in [1.165, 1.54) is 48.7 Å². The van der Waals surface area contributed by atoms with Gasteiger partial charge in [-0.05, 0) is 66.9 Å². The number of allylic oxidation sites excluding steroid dienone is 1. The maximum absolute atomic E-state index is 11.8. The molecule has 0 radical (unpaired) electrons. The second kappa shape index (κ2) is 10.3. The van der Waals surface area contributed by atoms with E-state index in [4.69, 9.17) is 4.74 Å². The average Bonchev–Trinajstić information content (AvgIpc) is 2.69. The lowest BCUT2D eigenvalue weighted by Gasteiger charge is -2.37. The summed E-state index contributed by atoms with van der Waals surface area (Å²) >= 11 is 3.85. The fraction of sp³-hybridized carbons (Fsp3) is 0.591. The molecule has 2 aliphatic rings. The van der Waals surface area contributed by atoms with Gasteiger partial charge < -0.3 is 9.64 Å². The number of benzene rings is 1. The number of hydrogen-bond donors (Lipinski definition) is 0. The molecule has 1 aliphatic carbocycles. The molecule has 1 fully saturated rings. The van der Waals surface area contributed by atoms with Crippen molar-refractivity contribution < 1.29 is 9.53 Å². The van der Waals surface area contributed by atoms with E-state index in [-0.39, 0.29) is 5.97 Å². The van der Waals surface area contributed by atoms with Crippen molar-refractivity contribution >= 4 is 27.6 Å². The largest absolute Gasteiger partial charge is 0.462 e. The molecular formula is C22H31BrN2O2. The van der Waals surface area contributed by atoms with Crippen LogP contribution in [0.2, 0.25) is 0 Å². The summed E-state index contributed by atoms with van der Waals surface area (Å²) in [6, 6.07) is 7.82. The highest BCUT2D eigenvalue weighted by Crippen LogP contribution is 2.28. The van der Waals surface area contributed by atoms with Crippen LogP contribution in [0.15, 0.2) is 34.3 Å². The lowest BCUT2D eigenvalue weighted by Crippen LogP contribution is -2.47. The van der Waals surface area contributed by atoms with Crippen LogP contribution in [0.5, 0.6) is 0 Å². The summed E-state index contributed by atoms with van der Waals surface area (Å²) in [5.41, 5.74) is 3.43. The van der Waals surface area contributed by atoms with Crippen molar-refractivity contribution in [1.29, 1.82) is 0 Å². The summed E-state index contributed by atoms with van der Waals surface area (Å²) in [7, 11) is 0. The monoisotopic (exact) mass is 434 g/mol. The molecule has 1 heterocycles. The number of halogens is 1. The number of nitrogens with zero attached hydrogens (tertiary/aromatic N) is 2. The number of anilines is 1. The first kappa shape index (κ1) is 20.4. The molecule has 1 saturated heterocycles. The lowest BCUT2D eigenvalue weighted by atomic mass is 9.99. The van der Waals surface area contributed by atoms with Crippen LogP contribution < -0.4 is 4.90 Å². The molecule has 1 aromatic carbocycles. The average molecular weight is 435 g/mol. The van der Waals surface area contributed by atoms with Gasteiger partial charge in [0.05, 0.1) is 12.2 Å². The van der Waals surface area contributed by atoms with Crippen LogP contribution >= 0.6 is 15.9 Å². The first-order chi connectivity index (χ1) is 13.2. The van der Waals surface area contributed by atoms with Crippen LogP contribution in [0.4, 0.5) is 5.69 Å². The van der Waals surface area contributed by atoms with Crippen LogP contribution in [0.1, 0.15) is 55.8 Å². The van der Waals surface area contributed by atoms with Crippen LogP contribution in [0.25, 0.3) is 0 Å². The van der Waals surface area contributed by atoms with Crippen LogP contribution in [0, 0.1) is 0 Å². The Morgan fingerprint density at radius 2 is 1.67 bits per heavy atom. The van der Waals surface area contributed by atoms with Gasteiger partial charge in [-0.3, -0.25) is 4.90 Å². The number of hydrogen-bond acceptors (Lipinski definition) is 4. The highest BCUT2D eigenvalue weighted by molar-refractivity contribution is 9.11. The molecule has 4 nitrogen and oxygen atoms in total. The topological polar surface area (TPSA) is 32.8 Å². The number of ether oxygens (including phenoxy) is 1. The van der Waals surface area contributed by atoms with E-state index in [0.29, 0.717) is 12.2 Å². The summed E-state index contributed by atoms with van der Waals surface area (Å²) in [6.45, 7) is 7.59. The van der Waals surface area contributed by atoms with Crippen molar-refractivity contribution in [2.75, 3.05) is 44.2 Å². The molecule has 0 saturated carbocycles. The summed E-state index contributed by atoms with van der Waals surface area (Å²) in [5, 5.41) is 0. The van der Waals surface area contributed by atoms with Gasteiger partial charge in [0, 0.05) is 38.4 Å². The Morgan fingerprint density at radius 1 is 1.00 bits per heavy atom. The highest BCUT2D eigenvalue weighted by Gasteiger charge is 2.20. The van der Waals surface area contributed by atoms with Crippen LogP contribution in [-0.2, 0) is 4.74 Å². The van der Waals surface area contributed by atoms with Crippen LogP contribution in [-0.4, -0.2) is 50.2 Å². The summed E-state index contributed by atoms with van der Waals surface area (Å²) in [5.74, 6) is -0.244. The highest BCUT2D eigenvalue weighted by atomic mass is 79.9. The second-order valence-corrected chi connectivity index (χ2v) is 8.41. The van der Waals surface area contributed by atoms with Gasteiger partial charge in [-0.15, -0.1) is 0 Å². The van der Waals surface area contributed by atoms with Gasteiger partial charge in [-0.25, -0.2) is 4.79 Å². The van der Waals surface area contributed by atoms with Gasteiger partial charge in [0.2, 0.25) is 0 Å². The zero-order chi connectivity index (χ0) is 19.1. The Balaban J connectivity index is 1.52. The number of piperazine rings is 1. The van der Waals surface area contributed by atoms with Gasteiger partial charge in [0.15, 0.2) is 0 Å². The lowest BCUT2D eigenvalue weighted by molar-refractivity contribution is 0.0526. The molecule has 0 N–H and O–H groups in total. The van der Waals surface area contributed by atoms with E-state index in [1.54, 1.807) is 5.57 Å². The predicted molar refractivity (Wildman–Crippen MR) is 115 cm³/mol. The fourth-order valence-electron chi connectivity index (χ4n) is 3.91. The fourth-order valence-corrected chi connectivity index (χ4v) is 4.51. The Hall–Kier alpha value is -1.33. The quantitative estimate of drug-likeness (QED) is 0.611. The molecule has 0 bridgehead atoms. The van der Waals surface area contributed by atoms with Crippen LogP contribution in [0.3, 0.4) is 0 Å². The summed E-state index contributed by atoms with van der Waals surface area (Å²) < 4.78 is 6.52. The third kappa shape index (κ3) is 5.82. The van der Waals surface area contributed by atoms with E-state index < -0.39 is 0 Å². The molecule has 1 aliphatic heterocycles. The molecule has 0 spiro atoms. The van der Waals surface area contributed by atoms with Crippen molar-refractivity contribution in [2.45, 2.75) is 45.4 Å². The number of esters is 1. The van der Waals surface area contributed by atoms with Gasteiger partial charge >= 0.3 is 5.97 Å². The second-order valence-electron chi connectivity index (χ2n) is 7.45. The number of carbonyl (C=O) groups excluding carboxylic acids is 1. The molecule has 0 unspecified atom stereocenters. The maximum Gasteiger partial charge on any atom is 0.338 e. The SMILES string of the molecule is CCOC(=O)c1ccc(N2CCN(C/C3=C(\Br)CCCCCC3)CC2)cc1. The molecule has 1 aromatic rings. The molecule has 148 valence electrons. The van der Waals surface area contributed by atoms with E-state index in [1.807, 2.05) is 31.2 Å². The first-order valence-electron chi connectivity index (χ1n) is 10.3. The Morgan fingerprint density at radius 3 is 2.33 bits per heavy atom. The molecule has 0 aromatic heterocycles. The molecule has 0 amide bonds. The molecular weight excluding hydrogens is 404 g/mol. The van der Waals surface area contributed by atoms with Crippen molar-refractivity contribution in [3.63, 3.8) is 0 Å². The zero-order valence-corrected chi connectivity index (χ0v) is 18.0. The van der Waals surface area contributed by atoms with Crippen molar-refractivity contribution in [3.8, 4) is 0 Å². The first-order valence-corrected chi connectivity index (χ1v) is 11.1. The molecule has 3 rings (SSSR count). The van der Waals surface area contributed by atoms with Crippen molar-refractivity contribution in [1.82, 2.24) is 4.90 Å².